The van der Waals surface area contributed by atoms with Gasteiger partial charge >= 0.3 is 0 Å². The molecule has 1 aliphatic carbocycles. The smallest absolute Gasteiger partial charge is 0.224 e. The molecule has 0 aliphatic heterocycles. The van der Waals surface area contributed by atoms with Gasteiger partial charge in [0.05, 0.1) is 6.07 Å². The fourth-order valence-electron chi connectivity index (χ4n) is 2.79. The predicted molar refractivity (Wildman–Crippen MR) is 77.4 cm³/mol. The lowest BCUT2D eigenvalue weighted by Crippen LogP contribution is -2.47. The first-order valence-electron chi connectivity index (χ1n) is 7.45. The molecule has 0 spiro atoms. The molecule has 3 nitrogen and oxygen atoms in total. The van der Waals surface area contributed by atoms with E-state index in [9.17, 15) is 4.79 Å². The van der Waals surface area contributed by atoms with Gasteiger partial charge in [-0.2, -0.15) is 5.26 Å². The maximum Gasteiger partial charge on any atom is 0.224 e. The number of hydrogen-bond donors (Lipinski definition) is 1. The number of carbonyl (C=O) groups excluding carboxylic acids is 1. The molecule has 19 heavy (non-hydrogen) atoms. The summed E-state index contributed by atoms with van der Waals surface area (Å²) in [5.41, 5.74) is -0.371. The Hall–Kier alpha value is -1.04. The second kappa shape index (κ2) is 5.94. The van der Waals surface area contributed by atoms with Crippen LogP contribution in [0.1, 0.15) is 66.7 Å². The zero-order chi connectivity index (χ0) is 14.7. The fourth-order valence-corrected chi connectivity index (χ4v) is 2.79. The minimum Gasteiger partial charge on any atom is -0.338 e. The normalized spacial score (nSPS) is 27.2. The summed E-state index contributed by atoms with van der Waals surface area (Å²) in [6.07, 6.45) is 4.80. The number of rotatable bonds is 3. The maximum absolute atomic E-state index is 12.2. The van der Waals surface area contributed by atoms with Crippen LogP contribution in [0.15, 0.2) is 0 Å². The van der Waals surface area contributed by atoms with Crippen molar-refractivity contribution in [3.8, 4) is 6.07 Å². The van der Waals surface area contributed by atoms with Crippen molar-refractivity contribution >= 4 is 5.91 Å². The lowest BCUT2D eigenvalue weighted by molar-refractivity contribution is -0.127. The number of carbonyl (C=O) groups is 1. The highest BCUT2D eigenvalue weighted by Gasteiger charge is 2.34. The van der Waals surface area contributed by atoms with E-state index in [1.54, 1.807) is 6.92 Å². The SMILES string of the molecule is CCC(C)(C#N)NC(=O)C1CCC(C(C)(C)C)CC1. The minimum absolute atomic E-state index is 0.0678. The summed E-state index contributed by atoms with van der Waals surface area (Å²) < 4.78 is 0. The zero-order valence-electron chi connectivity index (χ0n) is 13.0. The molecule has 3 heteroatoms. The molecule has 1 N–H and O–H groups in total. The second-order valence-corrected chi connectivity index (χ2v) is 7.20. The van der Waals surface area contributed by atoms with Crippen LogP contribution >= 0.6 is 0 Å². The Morgan fingerprint density at radius 3 is 2.11 bits per heavy atom. The molecule has 1 saturated carbocycles. The summed E-state index contributed by atoms with van der Waals surface area (Å²) in [5.74, 6) is 0.876. The molecule has 1 unspecified atom stereocenters. The highest BCUT2D eigenvalue weighted by Crippen LogP contribution is 2.39. The first-order chi connectivity index (χ1) is 8.72. The molecule has 0 aromatic rings. The summed E-state index contributed by atoms with van der Waals surface area (Å²) in [5, 5.41) is 12.0. The van der Waals surface area contributed by atoms with Crippen molar-refractivity contribution < 1.29 is 4.79 Å². The molecule has 1 atom stereocenters. The number of nitrogens with one attached hydrogen (secondary N) is 1. The van der Waals surface area contributed by atoms with Crippen LogP contribution in [0.4, 0.5) is 0 Å². The zero-order valence-corrected chi connectivity index (χ0v) is 13.0. The molecule has 1 aliphatic rings. The Labute approximate surface area is 117 Å². The third kappa shape index (κ3) is 4.23. The molecular formula is C16H28N2O. The van der Waals surface area contributed by atoms with Crippen molar-refractivity contribution in [3.63, 3.8) is 0 Å². The molecule has 1 amide bonds. The van der Waals surface area contributed by atoms with Gasteiger partial charge in [0.25, 0.3) is 0 Å². The quantitative estimate of drug-likeness (QED) is 0.846. The molecule has 0 aromatic carbocycles. The number of nitrogens with zero attached hydrogens (tertiary/aromatic N) is 1. The van der Waals surface area contributed by atoms with Crippen molar-refractivity contribution in [1.29, 1.82) is 5.26 Å². The molecule has 0 heterocycles. The van der Waals surface area contributed by atoms with Gasteiger partial charge in [0, 0.05) is 5.92 Å². The molecule has 0 saturated heterocycles. The topological polar surface area (TPSA) is 52.9 Å². The van der Waals surface area contributed by atoms with Crippen molar-refractivity contribution in [3.05, 3.63) is 0 Å². The van der Waals surface area contributed by atoms with E-state index in [0.29, 0.717) is 17.8 Å². The molecule has 0 radical (unpaired) electrons. The van der Waals surface area contributed by atoms with Crippen LogP contribution in [0.25, 0.3) is 0 Å². The molecule has 108 valence electrons. The highest BCUT2D eigenvalue weighted by atomic mass is 16.2. The molecule has 1 fully saturated rings. The number of nitriles is 1. The maximum atomic E-state index is 12.2. The number of amides is 1. The lowest BCUT2D eigenvalue weighted by atomic mass is 9.69. The average Bonchev–Trinajstić information content (AvgIpc) is 2.37. The van der Waals surface area contributed by atoms with Gasteiger partial charge in [-0.1, -0.05) is 27.7 Å². The van der Waals surface area contributed by atoms with Gasteiger partial charge < -0.3 is 5.32 Å². The first-order valence-corrected chi connectivity index (χ1v) is 7.45. The van der Waals surface area contributed by atoms with E-state index in [1.165, 1.54) is 0 Å². The largest absolute Gasteiger partial charge is 0.338 e. The predicted octanol–water partition coefficient (Wildman–Crippen LogP) is 3.65. The molecular weight excluding hydrogens is 236 g/mol. The van der Waals surface area contributed by atoms with Crippen molar-refractivity contribution in [2.24, 2.45) is 17.3 Å². The van der Waals surface area contributed by atoms with Crippen LogP contribution in [0.2, 0.25) is 0 Å². The van der Waals surface area contributed by atoms with Crippen LogP contribution in [-0.4, -0.2) is 11.4 Å². The first kappa shape index (κ1) is 16.0. The molecule has 1 rings (SSSR count). The number of hydrogen-bond acceptors (Lipinski definition) is 2. The van der Waals surface area contributed by atoms with E-state index in [2.05, 4.69) is 32.2 Å². The van der Waals surface area contributed by atoms with Gasteiger partial charge in [0.15, 0.2) is 0 Å². The van der Waals surface area contributed by atoms with Crippen LogP contribution in [0.3, 0.4) is 0 Å². The summed E-state index contributed by atoms with van der Waals surface area (Å²) in [6, 6.07) is 2.20. The van der Waals surface area contributed by atoms with Crippen LogP contribution in [0.5, 0.6) is 0 Å². The Kier molecular flexibility index (Phi) is 5.01. The van der Waals surface area contributed by atoms with Crippen LogP contribution in [0, 0.1) is 28.6 Å². The highest BCUT2D eigenvalue weighted by molar-refractivity contribution is 5.79. The van der Waals surface area contributed by atoms with Gasteiger partial charge in [0.1, 0.15) is 5.54 Å². The third-order valence-electron chi connectivity index (χ3n) is 4.68. The van der Waals surface area contributed by atoms with Crippen LogP contribution < -0.4 is 5.32 Å². The standard InChI is InChI=1S/C16H28N2O/c1-6-16(5,11-17)18-14(19)12-7-9-13(10-8-12)15(2,3)4/h12-13H,6-10H2,1-5H3,(H,18,19). The summed E-state index contributed by atoms with van der Waals surface area (Å²) in [6.45, 7) is 10.6. The average molecular weight is 264 g/mol. The Morgan fingerprint density at radius 2 is 1.74 bits per heavy atom. The van der Waals surface area contributed by atoms with Crippen molar-refractivity contribution in [2.45, 2.75) is 72.3 Å². The monoisotopic (exact) mass is 264 g/mol. The third-order valence-corrected chi connectivity index (χ3v) is 4.68. The van der Waals surface area contributed by atoms with E-state index >= 15 is 0 Å². The van der Waals surface area contributed by atoms with Gasteiger partial charge in [-0.15, -0.1) is 0 Å². The van der Waals surface area contributed by atoms with Gasteiger partial charge in [-0.3, -0.25) is 4.79 Å². The Balaban J connectivity index is 2.53. The van der Waals surface area contributed by atoms with E-state index in [0.717, 1.165) is 25.7 Å². The van der Waals surface area contributed by atoms with Crippen molar-refractivity contribution in [2.75, 3.05) is 0 Å². The minimum atomic E-state index is -0.710. The van der Waals surface area contributed by atoms with E-state index in [1.807, 2.05) is 6.92 Å². The summed E-state index contributed by atoms with van der Waals surface area (Å²) >= 11 is 0. The second-order valence-electron chi connectivity index (χ2n) is 7.20. The molecule has 0 bridgehead atoms. The van der Waals surface area contributed by atoms with E-state index in [-0.39, 0.29) is 11.8 Å². The fraction of sp³-hybridized carbons (Fsp3) is 0.875. The van der Waals surface area contributed by atoms with Gasteiger partial charge in [-0.25, -0.2) is 0 Å². The van der Waals surface area contributed by atoms with Gasteiger partial charge in [-0.05, 0) is 50.4 Å². The van der Waals surface area contributed by atoms with E-state index < -0.39 is 5.54 Å². The lowest BCUT2D eigenvalue weighted by Gasteiger charge is -2.37. The summed E-state index contributed by atoms with van der Waals surface area (Å²) in [7, 11) is 0. The molecule has 0 aromatic heterocycles. The summed E-state index contributed by atoms with van der Waals surface area (Å²) in [4.78, 5) is 12.2. The van der Waals surface area contributed by atoms with Crippen LogP contribution in [-0.2, 0) is 4.79 Å². The Bertz CT molecular complexity index is 356. The van der Waals surface area contributed by atoms with Gasteiger partial charge in [0.2, 0.25) is 5.91 Å². The Morgan fingerprint density at radius 1 is 1.21 bits per heavy atom. The van der Waals surface area contributed by atoms with Crippen molar-refractivity contribution in [1.82, 2.24) is 5.32 Å². The van der Waals surface area contributed by atoms with E-state index in [4.69, 9.17) is 5.26 Å².